The zero-order valence-corrected chi connectivity index (χ0v) is 20.3. The Morgan fingerprint density at radius 1 is 0.944 bits per heavy atom. The molecule has 2 heterocycles. The molecule has 4 nitrogen and oxygen atoms in total. The molecule has 0 N–H and O–H groups in total. The summed E-state index contributed by atoms with van der Waals surface area (Å²) >= 11 is 0. The van der Waals surface area contributed by atoms with Gasteiger partial charge in [-0.2, -0.15) is 13.2 Å². The smallest absolute Gasteiger partial charge is 0.365 e. The van der Waals surface area contributed by atoms with Gasteiger partial charge in [-0.3, -0.25) is 9.69 Å². The van der Waals surface area contributed by atoms with Crippen LogP contribution in [0.5, 0.6) is 0 Å². The van der Waals surface area contributed by atoms with E-state index in [4.69, 9.17) is 0 Å². The zero-order chi connectivity index (χ0) is 25.3. The fourth-order valence-electron chi connectivity index (χ4n) is 5.55. The number of rotatable bonds is 5. The van der Waals surface area contributed by atoms with Crippen LogP contribution in [0.4, 0.5) is 18.9 Å². The van der Waals surface area contributed by atoms with Gasteiger partial charge in [0, 0.05) is 45.5 Å². The minimum Gasteiger partial charge on any atom is -0.365 e. The van der Waals surface area contributed by atoms with E-state index in [2.05, 4.69) is 21.9 Å². The first-order valence-electron chi connectivity index (χ1n) is 12.3. The normalized spacial score (nSPS) is 19.9. The van der Waals surface area contributed by atoms with Crippen LogP contribution >= 0.6 is 0 Å². The first kappa shape index (κ1) is 24.4. The van der Waals surface area contributed by atoms with Crippen molar-refractivity contribution in [3.8, 4) is 0 Å². The van der Waals surface area contributed by atoms with Crippen molar-refractivity contribution in [3.05, 3.63) is 101 Å². The molecule has 7 heteroatoms. The molecule has 2 atom stereocenters. The second-order valence-corrected chi connectivity index (χ2v) is 9.81. The van der Waals surface area contributed by atoms with Gasteiger partial charge in [-0.1, -0.05) is 60.7 Å². The average Bonchev–Trinajstić information content (AvgIpc) is 2.88. The van der Waals surface area contributed by atoms with Gasteiger partial charge in [-0.25, -0.2) is 0 Å². The number of amides is 1. The minimum atomic E-state index is -4.41. The van der Waals surface area contributed by atoms with E-state index < -0.39 is 17.7 Å². The molecular weight excluding hydrogens is 463 g/mol. The summed E-state index contributed by atoms with van der Waals surface area (Å²) in [5, 5.41) is 0. The molecule has 3 aromatic carbocycles. The molecule has 1 amide bonds. The van der Waals surface area contributed by atoms with Gasteiger partial charge < -0.3 is 9.80 Å². The molecule has 0 aliphatic carbocycles. The van der Waals surface area contributed by atoms with E-state index in [1.165, 1.54) is 11.6 Å². The van der Waals surface area contributed by atoms with Crippen LogP contribution in [0.3, 0.4) is 0 Å². The van der Waals surface area contributed by atoms with E-state index in [1.807, 2.05) is 48.5 Å². The van der Waals surface area contributed by atoms with Crippen molar-refractivity contribution < 1.29 is 18.0 Å². The molecule has 2 aliphatic rings. The zero-order valence-electron chi connectivity index (χ0n) is 20.3. The topological polar surface area (TPSA) is 26.8 Å². The number of fused-ring (bicyclic) bond motifs is 3. The van der Waals surface area contributed by atoms with Crippen molar-refractivity contribution in [2.75, 3.05) is 31.6 Å². The van der Waals surface area contributed by atoms with Crippen LogP contribution in [0.1, 0.15) is 22.3 Å². The second-order valence-electron chi connectivity index (χ2n) is 9.81. The lowest BCUT2D eigenvalue weighted by Gasteiger charge is -2.49. The monoisotopic (exact) mass is 493 g/mol. The van der Waals surface area contributed by atoms with Crippen molar-refractivity contribution in [1.29, 1.82) is 0 Å². The van der Waals surface area contributed by atoms with Crippen molar-refractivity contribution in [3.63, 3.8) is 0 Å². The number of nitrogens with zero attached hydrogens (tertiary/aromatic N) is 3. The predicted molar refractivity (Wildman–Crippen MR) is 134 cm³/mol. The van der Waals surface area contributed by atoms with Gasteiger partial charge in [0.15, 0.2) is 0 Å². The maximum Gasteiger partial charge on any atom is 0.416 e. The number of benzene rings is 3. The summed E-state index contributed by atoms with van der Waals surface area (Å²) in [7, 11) is 1.78. The molecule has 2 unspecified atom stereocenters. The average molecular weight is 494 g/mol. The second kappa shape index (κ2) is 9.97. The minimum absolute atomic E-state index is 0.0292. The molecule has 0 bridgehead atoms. The van der Waals surface area contributed by atoms with Gasteiger partial charge in [-0.05, 0) is 41.3 Å². The van der Waals surface area contributed by atoms with Gasteiger partial charge >= 0.3 is 6.18 Å². The summed E-state index contributed by atoms with van der Waals surface area (Å²) in [6, 6.07) is 23.9. The van der Waals surface area contributed by atoms with Crippen molar-refractivity contribution in [2.45, 2.75) is 31.7 Å². The fraction of sp³-hybridized carbons (Fsp3) is 0.345. The molecule has 0 aromatic heterocycles. The molecule has 188 valence electrons. The molecule has 0 saturated carbocycles. The van der Waals surface area contributed by atoms with Crippen LogP contribution in [-0.2, 0) is 30.5 Å². The van der Waals surface area contributed by atoms with Gasteiger partial charge in [0.1, 0.15) is 0 Å². The molecule has 2 aliphatic heterocycles. The van der Waals surface area contributed by atoms with Crippen LogP contribution in [0, 0.1) is 5.92 Å². The van der Waals surface area contributed by atoms with Gasteiger partial charge in [0.05, 0.1) is 17.5 Å². The third-order valence-corrected chi connectivity index (χ3v) is 7.33. The molecule has 1 saturated heterocycles. The number of anilines is 1. The standard InChI is InChI=1S/C29H30F3N3O/c1-33(18-21-8-4-2-5-9-21)28(36)25-17-23-16-24(29(30,31)32)12-13-26(23)35-15-14-34(20-27(25)35)19-22-10-6-3-7-11-22/h2-13,16,25,27H,14-15,17-20H2,1H3. The largest absolute Gasteiger partial charge is 0.416 e. The Morgan fingerprint density at radius 3 is 2.28 bits per heavy atom. The SMILES string of the molecule is CN(Cc1ccccc1)C(=O)C1Cc2cc(C(F)(F)F)ccc2N2CCN(Cc3ccccc3)CC12. The van der Waals surface area contributed by atoms with Crippen LogP contribution in [0.15, 0.2) is 78.9 Å². The summed E-state index contributed by atoms with van der Waals surface area (Å²) in [5.74, 6) is -0.452. The highest BCUT2D eigenvalue weighted by Gasteiger charge is 2.43. The highest BCUT2D eigenvalue weighted by Crippen LogP contribution is 2.40. The Morgan fingerprint density at radius 2 is 1.61 bits per heavy atom. The van der Waals surface area contributed by atoms with Crippen LogP contribution in [0.2, 0.25) is 0 Å². The number of hydrogen-bond acceptors (Lipinski definition) is 3. The van der Waals surface area contributed by atoms with E-state index in [1.54, 1.807) is 18.0 Å². The molecule has 0 radical (unpaired) electrons. The quantitative estimate of drug-likeness (QED) is 0.487. The Bertz CT molecular complexity index is 1200. The van der Waals surface area contributed by atoms with E-state index >= 15 is 0 Å². The molecule has 3 aromatic rings. The lowest BCUT2D eigenvalue weighted by atomic mass is 9.82. The number of hydrogen-bond donors (Lipinski definition) is 0. The third kappa shape index (κ3) is 5.12. The van der Waals surface area contributed by atoms with Crippen molar-refractivity contribution in [1.82, 2.24) is 9.80 Å². The third-order valence-electron chi connectivity index (χ3n) is 7.33. The number of piperazine rings is 1. The summed E-state index contributed by atoms with van der Waals surface area (Å²) in [5.41, 5.74) is 2.99. The molecule has 0 spiro atoms. The van der Waals surface area contributed by atoms with Crippen molar-refractivity contribution in [2.24, 2.45) is 5.92 Å². The molecular formula is C29H30F3N3O. The lowest BCUT2D eigenvalue weighted by Crippen LogP contribution is -2.60. The highest BCUT2D eigenvalue weighted by atomic mass is 19.4. The summed E-state index contributed by atoms with van der Waals surface area (Å²) in [4.78, 5) is 20.0. The van der Waals surface area contributed by atoms with Gasteiger partial charge in [-0.15, -0.1) is 0 Å². The maximum atomic E-state index is 13.8. The lowest BCUT2D eigenvalue weighted by molar-refractivity contribution is -0.137. The van der Waals surface area contributed by atoms with E-state index in [0.717, 1.165) is 30.4 Å². The predicted octanol–water partition coefficient (Wildman–Crippen LogP) is 5.23. The Hall–Kier alpha value is -3.32. The van der Waals surface area contributed by atoms with Gasteiger partial charge in [0.2, 0.25) is 5.91 Å². The highest BCUT2D eigenvalue weighted by molar-refractivity contribution is 5.82. The number of halogens is 3. The molecule has 5 rings (SSSR count). The number of alkyl halides is 3. The summed E-state index contributed by atoms with van der Waals surface area (Å²) < 4.78 is 40.4. The Labute approximate surface area is 209 Å². The van der Waals surface area contributed by atoms with Crippen LogP contribution in [-0.4, -0.2) is 48.4 Å². The van der Waals surface area contributed by atoms with Crippen molar-refractivity contribution >= 4 is 11.6 Å². The maximum absolute atomic E-state index is 13.8. The first-order valence-corrected chi connectivity index (χ1v) is 12.3. The molecule has 1 fully saturated rings. The van der Waals surface area contributed by atoms with E-state index in [0.29, 0.717) is 31.6 Å². The summed E-state index contributed by atoms with van der Waals surface area (Å²) in [6.45, 7) is 3.39. The van der Waals surface area contributed by atoms with E-state index in [9.17, 15) is 18.0 Å². The Balaban J connectivity index is 1.43. The van der Waals surface area contributed by atoms with Crippen LogP contribution in [0.25, 0.3) is 0 Å². The van der Waals surface area contributed by atoms with Gasteiger partial charge in [0.25, 0.3) is 0 Å². The number of carbonyl (C=O) groups is 1. The fourth-order valence-corrected chi connectivity index (χ4v) is 5.55. The van der Waals surface area contributed by atoms with Crippen LogP contribution < -0.4 is 4.90 Å². The van der Waals surface area contributed by atoms with E-state index in [-0.39, 0.29) is 11.9 Å². The number of carbonyl (C=O) groups excluding carboxylic acids is 1. The Kier molecular flexibility index (Phi) is 6.75. The molecule has 36 heavy (non-hydrogen) atoms. The summed E-state index contributed by atoms with van der Waals surface area (Å²) in [6.07, 6.45) is -4.11. The first-order chi connectivity index (χ1) is 17.3.